The molecule has 0 spiro atoms. The average molecular weight is 332 g/mol. The van der Waals surface area contributed by atoms with Crippen molar-refractivity contribution in [2.75, 3.05) is 13.2 Å². The molecule has 0 aromatic carbocycles. The molecule has 126 valence electrons. The number of carboxylic acids is 1. The van der Waals surface area contributed by atoms with E-state index in [9.17, 15) is 22.8 Å². The zero-order valence-electron chi connectivity index (χ0n) is 12.0. The summed E-state index contributed by atoms with van der Waals surface area (Å²) < 4.78 is 43.1. The number of ether oxygens (including phenoxy) is 1. The Morgan fingerprint density at radius 2 is 2.04 bits per heavy atom. The minimum absolute atomic E-state index is 0.0322. The van der Waals surface area contributed by atoms with Crippen LogP contribution in [0.2, 0.25) is 0 Å². The number of amides is 1. The summed E-state index contributed by atoms with van der Waals surface area (Å²) in [6.45, 7) is -0.230. The molecule has 2 atom stereocenters. The van der Waals surface area contributed by atoms with Crippen molar-refractivity contribution in [1.29, 1.82) is 0 Å². The van der Waals surface area contributed by atoms with Crippen LogP contribution in [0.3, 0.4) is 0 Å². The third-order valence-electron chi connectivity index (χ3n) is 3.64. The first kappa shape index (κ1) is 17.0. The number of carbonyl (C=O) groups excluding carboxylic acids is 1. The first-order valence-electron chi connectivity index (χ1n) is 6.96. The van der Waals surface area contributed by atoms with Gasteiger partial charge >= 0.3 is 12.1 Å². The fraction of sp³-hybridized carbons (Fsp3) is 0.500. The van der Waals surface area contributed by atoms with Gasteiger partial charge in [0.25, 0.3) is 0 Å². The Morgan fingerprint density at radius 1 is 1.35 bits per heavy atom. The van der Waals surface area contributed by atoms with Gasteiger partial charge in [-0.05, 0) is 25.0 Å². The maximum atomic E-state index is 12.7. The van der Waals surface area contributed by atoms with E-state index in [1.165, 1.54) is 6.20 Å². The number of aromatic nitrogens is 1. The molecule has 1 aromatic heterocycles. The van der Waals surface area contributed by atoms with Gasteiger partial charge in [-0.1, -0.05) is 0 Å². The van der Waals surface area contributed by atoms with Crippen LogP contribution in [-0.2, 0) is 15.8 Å². The zero-order chi connectivity index (χ0) is 17.0. The van der Waals surface area contributed by atoms with Crippen molar-refractivity contribution < 1.29 is 32.6 Å². The number of hydrogen-bond acceptors (Lipinski definition) is 4. The molecule has 23 heavy (non-hydrogen) atoms. The number of carbonyl (C=O) groups is 2. The Labute approximate surface area is 129 Å². The van der Waals surface area contributed by atoms with E-state index in [1.54, 1.807) is 0 Å². The van der Waals surface area contributed by atoms with Crippen LogP contribution in [-0.4, -0.2) is 35.1 Å². The summed E-state index contributed by atoms with van der Waals surface area (Å²) in [6, 6.07) is 2.01. The van der Waals surface area contributed by atoms with Crippen LogP contribution in [0.1, 0.15) is 18.4 Å². The second-order valence-electron chi connectivity index (χ2n) is 5.12. The lowest BCUT2D eigenvalue weighted by Gasteiger charge is -2.31. The molecule has 1 heterocycles. The van der Waals surface area contributed by atoms with Gasteiger partial charge < -0.3 is 15.2 Å². The van der Waals surface area contributed by atoms with Gasteiger partial charge in [-0.3, -0.25) is 9.59 Å². The molecule has 0 saturated heterocycles. The van der Waals surface area contributed by atoms with Crippen molar-refractivity contribution in [1.82, 2.24) is 10.3 Å². The predicted octanol–water partition coefficient (Wildman–Crippen LogP) is 1.71. The first-order chi connectivity index (χ1) is 10.8. The molecule has 0 radical (unpaired) electrons. The summed E-state index contributed by atoms with van der Waals surface area (Å²) in [5.41, 5.74) is -0.990. The summed E-state index contributed by atoms with van der Waals surface area (Å²) >= 11 is 0. The van der Waals surface area contributed by atoms with Crippen molar-refractivity contribution in [3.63, 3.8) is 0 Å². The summed E-state index contributed by atoms with van der Waals surface area (Å²) in [4.78, 5) is 26.1. The van der Waals surface area contributed by atoms with Crippen LogP contribution < -0.4 is 10.1 Å². The standard InChI is InChI=1S/C14H15F3N2O4/c15-14(16,17)10-2-1-5-19-12(10)23-7-6-18-11(20)8-3-4-9(8)13(21)22/h1-2,5,8-9H,3-4,6-7H2,(H,18,20)(H,21,22). The van der Waals surface area contributed by atoms with Gasteiger partial charge in [0.05, 0.1) is 18.4 Å². The molecule has 1 aliphatic carbocycles. The van der Waals surface area contributed by atoms with Gasteiger partial charge in [-0.15, -0.1) is 0 Å². The Morgan fingerprint density at radius 3 is 2.61 bits per heavy atom. The van der Waals surface area contributed by atoms with E-state index in [0.717, 1.165) is 12.1 Å². The minimum atomic E-state index is -4.58. The Balaban J connectivity index is 1.80. The maximum absolute atomic E-state index is 12.7. The van der Waals surface area contributed by atoms with Crippen molar-refractivity contribution in [3.8, 4) is 5.88 Å². The number of pyridine rings is 1. The number of alkyl halides is 3. The Hall–Kier alpha value is -2.32. The number of nitrogens with zero attached hydrogens (tertiary/aromatic N) is 1. The van der Waals surface area contributed by atoms with Crippen LogP contribution in [0.4, 0.5) is 13.2 Å². The van der Waals surface area contributed by atoms with Crippen molar-refractivity contribution in [2.45, 2.75) is 19.0 Å². The summed E-state index contributed by atoms with van der Waals surface area (Å²) in [5, 5.41) is 11.3. The zero-order valence-corrected chi connectivity index (χ0v) is 12.0. The number of carboxylic acid groups (broad SMARTS) is 1. The summed E-state index contributed by atoms with van der Waals surface area (Å²) in [7, 11) is 0. The van der Waals surface area contributed by atoms with Gasteiger partial charge in [0, 0.05) is 6.20 Å². The highest BCUT2D eigenvalue weighted by Gasteiger charge is 2.41. The molecular formula is C14H15F3N2O4. The van der Waals surface area contributed by atoms with Gasteiger partial charge in [0.2, 0.25) is 11.8 Å². The second-order valence-corrected chi connectivity index (χ2v) is 5.12. The normalized spacial score (nSPS) is 20.5. The lowest BCUT2D eigenvalue weighted by atomic mass is 9.73. The molecule has 1 aromatic rings. The smallest absolute Gasteiger partial charge is 0.421 e. The van der Waals surface area contributed by atoms with E-state index < -0.39 is 41.3 Å². The van der Waals surface area contributed by atoms with Crippen LogP contribution in [0.25, 0.3) is 0 Å². The largest absolute Gasteiger partial charge is 0.481 e. The fourth-order valence-corrected chi connectivity index (χ4v) is 2.28. The molecule has 1 aliphatic rings. The Bertz CT molecular complexity index is 592. The van der Waals surface area contributed by atoms with E-state index >= 15 is 0 Å². The molecule has 0 aliphatic heterocycles. The topological polar surface area (TPSA) is 88.5 Å². The van der Waals surface area contributed by atoms with E-state index in [0.29, 0.717) is 12.8 Å². The summed E-state index contributed by atoms with van der Waals surface area (Å²) in [5.74, 6) is -3.28. The van der Waals surface area contributed by atoms with E-state index in [-0.39, 0.29) is 13.2 Å². The molecule has 2 N–H and O–H groups in total. The van der Waals surface area contributed by atoms with Crippen LogP contribution >= 0.6 is 0 Å². The molecule has 9 heteroatoms. The lowest BCUT2D eigenvalue weighted by molar-refractivity contribution is -0.152. The van der Waals surface area contributed by atoms with E-state index in [4.69, 9.17) is 9.84 Å². The molecule has 2 rings (SSSR count). The minimum Gasteiger partial charge on any atom is -0.481 e. The SMILES string of the molecule is O=C(O)C1CCC1C(=O)NCCOc1ncccc1C(F)(F)F. The van der Waals surface area contributed by atoms with Crippen molar-refractivity contribution >= 4 is 11.9 Å². The third-order valence-corrected chi connectivity index (χ3v) is 3.64. The molecule has 2 unspecified atom stereocenters. The lowest BCUT2D eigenvalue weighted by Crippen LogP contribution is -2.44. The average Bonchev–Trinajstić information content (AvgIpc) is 2.41. The molecule has 6 nitrogen and oxygen atoms in total. The number of nitrogens with one attached hydrogen (secondary N) is 1. The second kappa shape index (κ2) is 6.84. The fourth-order valence-electron chi connectivity index (χ4n) is 2.28. The van der Waals surface area contributed by atoms with Gasteiger partial charge in [-0.2, -0.15) is 13.2 Å². The highest BCUT2D eigenvalue weighted by molar-refractivity contribution is 5.86. The first-order valence-corrected chi connectivity index (χ1v) is 6.96. The summed E-state index contributed by atoms with van der Waals surface area (Å²) in [6.07, 6.45) is -2.46. The van der Waals surface area contributed by atoms with Crippen LogP contribution in [0, 0.1) is 11.8 Å². The number of hydrogen-bond donors (Lipinski definition) is 2. The van der Waals surface area contributed by atoms with Crippen LogP contribution in [0.15, 0.2) is 18.3 Å². The highest BCUT2D eigenvalue weighted by atomic mass is 19.4. The van der Waals surface area contributed by atoms with Crippen molar-refractivity contribution in [3.05, 3.63) is 23.9 Å². The van der Waals surface area contributed by atoms with E-state index in [2.05, 4.69) is 10.3 Å². The predicted molar refractivity (Wildman–Crippen MR) is 71.6 cm³/mol. The maximum Gasteiger partial charge on any atom is 0.421 e. The molecular weight excluding hydrogens is 317 g/mol. The van der Waals surface area contributed by atoms with Crippen LogP contribution in [0.5, 0.6) is 5.88 Å². The molecule has 0 bridgehead atoms. The molecule has 1 amide bonds. The van der Waals surface area contributed by atoms with Crippen molar-refractivity contribution in [2.24, 2.45) is 11.8 Å². The third kappa shape index (κ3) is 4.11. The monoisotopic (exact) mass is 332 g/mol. The number of aliphatic carboxylic acids is 1. The number of halogens is 3. The molecule has 1 fully saturated rings. The molecule has 1 saturated carbocycles. The number of rotatable bonds is 6. The quantitative estimate of drug-likeness (QED) is 0.774. The van der Waals surface area contributed by atoms with E-state index in [1.807, 2.05) is 0 Å². The van der Waals surface area contributed by atoms with Gasteiger partial charge in [0.1, 0.15) is 12.2 Å². The van der Waals surface area contributed by atoms with Gasteiger partial charge in [-0.25, -0.2) is 4.98 Å². The highest BCUT2D eigenvalue weighted by Crippen LogP contribution is 2.35. The Kier molecular flexibility index (Phi) is 5.07. The van der Waals surface area contributed by atoms with Gasteiger partial charge in [0.15, 0.2) is 0 Å².